The molecule has 2 heterocycles. The van der Waals surface area contributed by atoms with Gasteiger partial charge in [-0.05, 0) is 18.9 Å². The minimum Gasteiger partial charge on any atom is -0.354 e. The van der Waals surface area contributed by atoms with Crippen molar-refractivity contribution in [3.63, 3.8) is 0 Å². The Hall–Kier alpha value is -2.07. The first-order chi connectivity index (χ1) is 13.2. The third-order valence-corrected chi connectivity index (χ3v) is 4.47. The van der Waals surface area contributed by atoms with E-state index < -0.39 is 23.7 Å². The van der Waals surface area contributed by atoms with E-state index in [0.717, 1.165) is 18.7 Å². The molecule has 28 heavy (non-hydrogen) atoms. The van der Waals surface area contributed by atoms with Crippen LogP contribution < -0.4 is 15.5 Å². The smallest absolute Gasteiger partial charge is 0.354 e. The van der Waals surface area contributed by atoms with Gasteiger partial charge in [-0.25, -0.2) is 9.78 Å². The second kappa shape index (κ2) is 9.92. The number of halogens is 4. The molecule has 0 bridgehead atoms. The Morgan fingerprint density at radius 1 is 1.25 bits per heavy atom. The molecule has 0 saturated carbocycles. The molecule has 1 fully saturated rings. The third kappa shape index (κ3) is 6.52. The lowest BCUT2D eigenvalue weighted by molar-refractivity contribution is -0.137. The fourth-order valence-corrected chi connectivity index (χ4v) is 3.10. The molecule has 0 radical (unpaired) electrons. The number of nitrogens with zero attached hydrogens (tertiary/aromatic N) is 3. The molecule has 1 saturated heterocycles. The van der Waals surface area contributed by atoms with E-state index in [2.05, 4.69) is 15.6 Å². The summed E-state index contributed by atoms with van der Waals surface area (Å²) < 4.78 is 38.3. The normalized spacial score (nSPS) is 15.8. The van der Waals surface area contributed by atoms with Gasteiger partial charge in [0.05, 0.1) is 17.1 Å². The predicted octanol–water partition coefficient (Wildman–Crippen LogP) is 2.50. The number of carbonyl (C=O) groups is 2. The Balaban J connectivity index is 1.91. The van der Waals surface area contributed by atoms with Crippen molar-refractivity contribution in [2.75, 3.05) is 44.2 Å². The Labute approximate surface area is 166 Å². The van der Waals surface area contributed by atoms with Gasteiger partial charge in [0.15, 0.2) is 0 Å². The number of rotatable bonds is 5. The van der Waals surface area contributed by atoms with Gasteiger partial charge in [0.1, 0.15) is 5.82 Å². The van der Waals surface area contributed by atoms with Gasteiger partial charge in [0.25, 0.3) is 0 Å². The maximum absolute atomic E-state index is 12.8. The molecule has 0 aromatic carbocycles. The topological polar surface area (TPSA) is 77.6 Å². The monoisotopic (exact) mass is 421 g/mol. The number of anilines is 1. The molecule has 2 rings (SSSR count). The zero-order valence-electron chi connectivity index (χ0n) is 15.5. The minimum atomic E-state index is -4.50. The van der Waals surface area contributed by atoms with Crippen LogP contribution in [0.15, 0.2) is 12.3 Å². The van der Waals surface area contributed by atoms with Crippen LogP contribution in [0, 0.1) is 0 Å². The van der Waals surface area contributed by atoms with Crippen molar-refractivity contribution < 1.29 is 22.8 Å². The van der Waals surface area contributed by atoms with Crippen molar-refractivity contribution in [1.29, 1.82) is 0 Å². The number of nitrogens with one attached hydrogen (secondary N) is 2. The molecule has 1 aromatic heterocycles. The molecule has 0 aliphatic carbocycles. The summed E-state index contributed by atoms with van der Waals surface area (Å²) >= 11 is 6.02. The van der Waals surface area contributed by atoms with Crippen molar-refractivity contribution in [2.45, 2.75) is 25.9 Å². The van der Waals surface area contributed by atoms with Gasteiger partial charge in [0.2, 0.25) is 5.91 Å². The van der Waals surface area contributed by atoms with Gasteiger partial charge in [-0.15, -0.1) is 0 Å². The maximum Gasteiger partial charge on any atom is 0.417 e. The number of pyridine rings is 1. The number of hydrogen-bond donors (Lipinski definition) is 2. The zero-order valence-corrected chi connectivity index (χ0v) is 16.2. The van der Waals surface area contributed by atoms with E-state index in [1.165, 1.54) is 0 Å². The number of amides is 3. The van der Waals surface area contributed by atoms with Crippen molar-refractivity contribution in [1.82, 2.24) is 20.5 Å². The number of urea groups is 1. The summed E-state index contributed by atoms with van der Waals surface area (Å²) in [5.74, 6) is -0.118. The molecule has 1 aliphatic heterocycles. The molecule has 2 N–H and O–H groups in total. The molecule has 3 amide bonds. The Morgan fingerprint density at radius 3 is 2.64 bits per heavy atom. The molecule has 0 atom stereocenters. The van der Waals surface area contributed by atoms with E-state index in [0.29, 0.717) is 45.0 Å². The number of carbonyl (C=O) groups excluding carboxylic acids is 2. The SMILES string of the molecule is CCCNC(=O)NC(=O)CN1CCCN(c2ncc(C(F)(F)F)cc2Cl)CC1. The van der Waals surface area contributed by atoms with E-state index in [4.69, 9.17) is 11.6 Å². The first kappa shape index (κ1) is 22.2. The lowest BCUT2D eigenvalue weighted by Crippen LogP contribution is -2.45. The molecule has 0 unspecified atom stereocenters. The fourth-order valence-electron chi connectivity index (χ4n) is 2.81. The highest BCUT2D eigenvalue weighted by atomic mass is 35.5. The molecule has 0 spiro atoms. The molecule has 1 aromatic rings. The summed E-state index contributed by atoms with van der Waals surface area (Å²) in [5, 5.41) is 4.77. The van der Waals surface area contributed by atoms with Crippen LogP contribution in [0.4, 0.5) is 23.8 Å². The van der Waals surface area contributed by atoms with Gasteiger partial charge in [-0.3, -0.25) is 15.0 Å². The lowest BCUT2D eigenvalue weighted by Gasteiger charge is -2.23. The summed E-state index contributed by atoms with van der Waals surface area (Å²) in [5.41, 5.74) is -0.893. The van der Waals surface area contributed by atoms with Crippen LogP contribution >= 0.6 is 11.6 Å². The average Bonchev–Trinajstić information content (AvgIpc) is 2.84. The maximum atomic E-state index is 12.8. The van der Waals surface area contributed by atoms with Crippen molar-refractivity contribution in [3.8, 4) is 0 Å². The van der Waals surface area contributed by atoms with Crippen molar-refractivity contribution in [2.24, 2.45) is 0 Å². The van der Waals surface area contributed by atoms with Gasteiger partial charge >= 0.3 is 12.2 Å². The average molecular weight is 422 g/mol. The highest BCUT2D eigenvalue weighted by Crippen LogP contribution is 2.33. The predicted molar refractivity (Wildman–Crippen MR) is 99.4 cm³/mol. The van der Waals surface area contributed by atoms with Crippen LogP contribution in [-0.2, 0) is 11.0 Å². The molecular formula is C17H23ClF3N5O2. The van der Waals surface area contributed by atoms with E-state index in [1.54, 1.807) is 4.90 Å². The molecule has 11 heteroatoms. The van der Waals surface area contributed by atoms with E-state index in [9.17, 15) is 22.8 Å². The lowest BCUT2D eigenvalue weighted by atomic mass is 10.2. The molecule has 156 valence electrons. The summed E-state index contributed by atoms with van der Waals surface area (Å²) in [6, 6.07) is 0.346. The number of alkyl halides is 3. The van der Waals surface area contributed by atoms with Crippen LogP contribution in [-0.4, -0.2) is 61.1 Å². The van der Waals surface area contributed by atoms with Crippen LogP contribution in [0.2, 0.25) is 5.02 Å². The summed E-state index contributed by atoms with van der Waals surface area (Å²) in [7, 11) is 0. The van der Waals surface area contributed by atoms with Crippen LogP contribution in [0.5, 0.6) is 0 Å². The fraction of sp³-hybridized carbons (Fsp3) is 0.588. The van der Waals surface area contributed by atoms with Crippen LogP contribution in [0.1, 0.15) is 25.3 Å². The highest BCUT2D eigenvalue weighted by Gasteiger charge is 2.32. The Bertz CT molecular complexity index is 702. The highest BCUT2D eigenvalue weighted by molar-refractivity contribution is 6.33. The summed E-state index contributed by atoms with van der Waals surface area (Å²) in [6.07, 6.45) is -2.29. The second-order valence-corrected chi connectivity index (χ2v) is 6.86. The van der Waals surface area contributed by atoms with Crippen LogP contribution in [0.25, 0.3) is 0 Å². The zero-order chi connectivity index (χ0) is 20.7. The first-order valence-electron chi connectivity index (χ1n) is 8.98. The molecule has 7 nitrogen and oxygen atoms in total. The Morgan fingerprint density at radius 2 is 2.00 bits per heavy atom. The third-order valence-electron chi connectivity index (χ3n) is 4.19. The second-order valence-electron chi connectivity index (χ2n) is 6.45. The number of imide groups is 1. The summed E-state index contributed by atoms with van der Waals surface area (Å²) in [6.45, 7) is 4.55. The Kier molecular flexibility index (Phi) is 7.88. The minimum absolute atomic E-state index is 0.0571. The van der Waals surface area contributed by atoms with Crippen molar-refractivity contribution >= 4 is 29.4 Å². The van der Waals surface area contributed by atoms with E-state index in [1.807, 2.05) is 11.8 Å². The quantitative estimate of drug-likeness (QED) is 0.764. The van der Waals surface area contributed by atoms with E-state index >= 15 is 0 Å². The number of hydrogen-bond acceptors (Lipinski definition) is 5. The van der Waals surface area contributed by atoms with E-state index in [-0.39, 0.29) is 11.6 Å². The summed E-state index contributed by atoms with van der Waals surface area (Å²) in [4.78, 5) is 31.1. The van der Waals surface area contributed by atoms with Gasteiger partial charge in [-0.2, -0.15) is 13.2 Å². The first-order valence-corrected chi connectivity index (χ1v) is 9.36. The number of aromatic nitrogens is 1. The van der Waals surface area contributed by atoms with Gasteiger partial charge in [-0.1, -0.05) is 18.5 Å². The van der Waals surface area contributed by atoms with Crippen LogP contribution in [0.3, 0.4) is 0 Å². The van der Waals surface area contributed by atoms with Gasteiger partial charge < -0.3 is 10.2 Å². The molecule has 1 aliphatic rings. The molecular weight excluding hydrogens is 399 g/mol. The standard InChI is InChI=1S/C17H23ClF3N5O2/c1-2-4-22-16(28)24-14(27)11-25-5-3-6-26(8-7-25)15-13(18)9-12(10-23-15)17(19,20)21/h9-10H,2-8,11H2,1H3,(H2,22,24,27,28). The van der Waals surface area contributed by atoms with Gasteiger partial charge in [0, 0.05) is 38.9 Å². The largest absolute Gasteiger partial charge is 0.417 e. The van der Waals surface area contributed by atoms with Crippen molar-refractivity contribution in [3.05, 3.63) is 22.8 Å².